The van der Waals surface area contributed by atoms with Crippen LogP contribution in [0.5, 0.6) is 5.75 Å². The Morgan fingerprint density at radius 1 is 1.40 bits per heavy atom. The maximum Gasteiger partial charge on any atom is 0.344 e. The average molecular weight is 271 g/mol. The minimum absolute atomic E-state index is 0.0882. The highest BCUT2D eigenvalue weighted by molar-refractivity contribution is 5.92. The van der Waals surface area contributed by atoms with Gasteiger partial charge in [0.15, 0.2) is 5.75 Å². The van der Waals surface area contributed by atoms with E-state index < -0.39 is 5.97 Å². The van der Waals surface area contributed by atoms with Crippen molar-refractivity contribution in [3.8, 4) is 5.75 Å². The van der Waals surface area contributed by atoms with E-state index in [0.29, 0.717) is 10.7 Å². The number of benzene rings is 1. The number of nitrogens with one attached hydrogen (secondary N) is 1. The number of aromatic nitrogens is 1. The molecule has 2 N–H and O–H groups in total. The molecule has 1 aromatic heterocycles. The zero-order chi connectivity index (χ0) is 14.7. The normalized spacial score (nSPS) is 11.6. The van der Waals surface area contributed by atoms with Crippen LogP contribution in [0.4, 0.5) is 0 Å². The summed E-state index contributed by atoms with van der Waals surface area (Å²) >= 11 is 0. The van der Waals surface area contributed by atoms with Gasteiger partial charge in [-0.1, -0.05) is 36.4 Å². The molecule has 104 valence electrons. The highest BCUT2D eigenvalue weighted by atomic mass is 16.5. The van der Waals surface area contributed by atoms with Crippen LogP contribution < -0.4 is 10.7 Å². The van der Waals surface area contributed by atoms with Crippen LogP contribution in [-0.4, -0.2) is 22.7 Å². The van der Waals surface area contributed by atoms with E-state index >= 15 is 0 Å². The number of aryl methyl sites for hydroxylation is 1. The molecule has 0 unspecified atom stereocenters. The predicted molar refractivity (Wildman–Crippen MR) is 77.9 cm³/mol. The Hall–Kier alpha value is -2.49. The van der Waals surface area contributed by atoms with Crippen molar-refractivity contribution in [1.29, 1.82) is 0 Å². The molecule has 0 amide bonds. The van der Waals surface area contributed by atoms with Crippen LogP contribution in [-0.2, 0) is 4.74 Å². The number of esters is 1. The van der Waals surface area contributed by atoms with Gasteiger partial charge >= 0.3 is 5.97 Å². The standard InChI is InChI=1S/C16H17NO3/c1-4-20-16(19)14-11(3)17-13(15(14)18)9-12-7-5-10(2)6-8-12/h5-9,17-18H,3-4H2,1-2H3/b13-9+. The molecule has 4 heteroatoms. The van der Waals surface area contributed by atoms with Gasteiger partial charge in [-0.15, -0.1) is 0 Å². The molecule has 0 aliphatic heterocycles. The van der Waals surface area contributed by atoms with Crippen LogP contribution in [0.15, 0.2) is 24.3 Å². The molecular formula is C16H17NO3. The fourth-order valence-corrected chi connectivity index (χ4v) is 1.92. The smallest absolute Gasteiger partial charge is 0.344 e. The number of carbonyl (C=O) groups excluding carboxylic acids is 1. The van der Waals surface area contributed by atoms with Crippen LogP contribution in [0, 0.1) is 6.92 Å². The van der Waals surface area contributed by atoms with E-state index in [1.54, 1.807) is 13.0 Å². The first-order valence-corrected chi connectivity index (χ1v) is 6.38. The summed E-state index contributed by atoms with van der Waals surface area (Å²) in [4.78, 5) is 14.6. The summed E-state index contributed by atoms with van der Waals surface area (Å²) in [5.41, 5.74) is 2.16. The zero-order valence-electron chi connectivity index (χ0n) is 11.6. The van der Waals surface area contributed by atoms with Gasteiger partial charge in [-0.2, -0.15) is 0 Å². The molecular weight excluding hydrogens is 254 g/mol. The third kappa shape index (κ3) is 2.74. The molecule has 2 aromatic rings. The molecule has 0 saturated carbocycles. The van der Waals surface area contributed by atoms with Crippen LogP contribution in [0.1, 0.15) is 28.4 Å². The quantitative estimate of drug-likeness (QED) is 0.830. The topological polar surface area (TPSA) is 62.3 Å². The summed E-state index contributed by atoms with van der Waals surface area (Å²) in [7, 11) is 0. The largest absolute Gasteiger partial charge is 0.505 e. The molecule has 20 heavy (non-hydrogen) atoms. The van der Waals surface area contributed by atoms with Gasteiger partial charge in [-0.25, -0.2) is 4.79 Å². The molecule has 0 spiro atoms. The molecule has 0 bridgehead atoms. The molecule has 0 aliphatic rings. The summed E-state index contributed by atoms with van der Waals surface area (Å²) in [6.07, 6.45) is 1.76. The predicted octanol–water partition coefficient (Wildman–Crippen LogP) is 1.44. The van der Waals surface area contributed by atoms with Gasteiger partial charge in [0.2, 0.25) is 0 Å². The molecule has 0 radical (unpaired) electrons. The lowest BCUT2D eigenvalue weighted by Gasteiger charge is -1.99. The van der Waals surface area contributed by atoms with Crippen molar-refractivity contribution in [1.82, 2.24) is 4.98 Å². The lowest BCUT2D eigenvalue weighted by Crippen LogP contribution is -2.15. The molecule has 0 aliphatic carbocycles. The molecule has 0 fully saturated rings. The number of ether oxygens (including phenoxy) is 1. The Morgan fingerprint density at radius 3 is 2.65 bits per heavy atom. The van der Waals surface area contributed by atoms with Crippen LogP contribution in [0.3, 0.4) is 0 Å². The number of rotatable bonds is 3. The van der Waals surface area contributed by atoms with Crippen molar-refractivity contribution in [2.24, 2.45) is 0 Å². The molecule has 0 atom stereocenters. The van der Waals surface area contributed by atoms with Crippen molar-refractivity contribution in [2.45, 2.75) is 13.8 Å². The first-order valence-electron chi connectivity index (χ1n) is 6.38. The summed E-state index contributed by atoms with van der Waals surface area (Å²) in [6.45, 7) is 7.69. The first kappa shape index (κ1) is 13.9. The molecule has 4 nitrogen and oxygen atoms in total. The SMILES string of the molecule is C=c1[nH]/c(=C/c2ccc(C)cc2)c(O)c1C(=O)OCC. The van der Waals surface area contributed by atoms with Gasteiger partial charge in [0.1, 0.15) is 5.56 Å². The maximum atomic E-state index is 11.7. The van der Waals surface area contributed by atoms with Gasteiger partial charge < -0.3 is 14.8 Å². The Balaban J connectivity index is 2.49. The summed E-state index contributed by atoms with van der Waals surface area (Å²) in [6, 6.07) is 7.82. The number of hydrogen-bond donors (Lipinski definition) is 2. The first-order chi connectivity index (χ1) is 9.52. The van der Waals surface area contributed by atoms with Crippen molar-refractivity contribution in [2.75, 3.05) is 6.61 Å². The van der Waals surface area contributed by atoms with Gasteiger partial charge in [-0.3, -0.25) is 0 Å². The minimum Gasteiger partial charge on any atom is -0.505 e. The van der Waals surface area contributed by atoms with Crippen LogP contribution in [0.25, 0.3) is 12.7 Å². The monoisotopic (exact) mass is 271 g/mol. The second-order valence-electron chi connectivity index (χ2n) is 4.52. The van der Waals surface area contributed by atoms with E-state index in [0.717, 1.165) is 11.1 Å². The van der Waals surface area contributed by atoms with Crippen molar-refractivity contribution in [3.63, 3.8) is 0 Å². The summed E-state index contributed by atoms with van der Waals surface area (Å²) in [5.74, 6) is -0.705. The minimum atomic E-state index is -0.574. The van der Waals surface area contributed by atoms with E-state index in [1.807, 2.05) is 31.2 Å². The van der Waals surface area contributed by atoms with Gasteiger partial charge in [0, 0.05) is 5.35 Å². The third-order valence-electron chi connectivity index (χ3n) is 2.95. The van der Waals surface area contributed by atoms with Crippen LogP contribution in [0.2, 0.25) is 0 Å². The highest BCUT2D eigenvalue weighted by Crippen LogP contribution is 2.09. The van der Waals surface area contributed by atoms with Crippen molar-refractivity contribution < 1.29 is 14.6 Å². The van der Waals surface area contributed by atoms with E-state index in [9.17, 15) is 9.90 Å². The summed E-state index contributed by atoms with van der Waals surface area (Å²) < 4.78 is 4.90. The number of carbonyl (C=O) groups is 1. The number of aromatic amines is 1. The van der Waals surface area contributed by atoms with Crippen LogP contribution >= 0.6 is 0 Å². The Morgan fingerprint density at radius 2 is 2.05 bits per heavy atom. The fourth-order valence-electron chi connectivity index (χ4n) is 1.92. The van der Waals surface area contributed by atoms with E-state index in [-0.39, 0.29) is 17.9 Å². The highest BCUT2D eigenvalue weighted by Gasteiger charge is 2.16. The number of aromatic hydroxyl groups is 1. The average Bonchev–Trinajstić information content (AvgIpc) is 2.67. The summed E-state index contributed by atoms with van der Waals surface area (Å²) in [5, 5.41) is 10.9. The van der Waals surface area contributed by atoms with Crippen molar-refractivity contribution >= 4 is 18.6 Å². The van der Waals surface area contributed by atoms with E-state index in [2.05, 4.69) is 11.6 Å². The number of hydrogen-bond acceptors (Lipinski definition) is 3. The third-order valence-corrected chi connectivity index (χ3v) is 2.95. The van der Waals surface area contributed by atoms with E-state index in [4.69, 9.17) is 4.74 Å². The second kappa shape index (κ2) is 5.65. The molecule has 1 aromatic carbocycles. The number of H-pyrrole nitrogens is 1. The fraction of sp³-hybridized carbons (Fsp3) is 0.188. The molecule has 2 rings (SSSR count). The maximum absolute atomic E-state index is 11.7. The molecule has 1 heterocycles. The zero-order valence-corrected chi connectivity index (χ0v) is 11.6. The van der Waals surface area contributed by atoms with Gasteiger partial charge in [-0.05, 0) is 25.5 Å². The Bertz CT molecular complexity index is 726. The van der Waals surface area contributed by atoms with Crippen molar-refractivity contribution in [3.05, 3.63) is 51.7 Å². The Kier molecular flexibility index (Phi) is 3.94. The lowest BCUT2D eigenvalue weighted by molar-refractivity contribution is 0.0522. The molecule has 0 saturated heterocycles. The lowest BCUT2D eigenvalue weighted by atomic mass is 10.1. The van der Waals surface area contributed by atoms with Gasteiger partial charge in [0.25, 0.3) is 0 Å². The Labute approximate surface area is 117 Å². The van der Waals surface area contributed by atoms with E-state index in [1.165, 1.54) is 0 Å². The van der Waals surface area contributed by atoms with Gasteiger partial charge in [0.05, 0.1) is 12.0 Å². The second-order valence-corrected chi connectivity index (χ2v) is 4.52.